The SMILES string of the molecule is CCCNC(=O)CN1CCC(NC(=NCCC(OCC)C(C)C)NCC)CC1.I. The van der Waals surface area contributed by atoms with Crippen molar-refractivity contribution in [1.29, 1.82) is 0 Å². The summed E-state index contributed by atoms with van der Waals surface area (Å²) in [5, 5.41) is 9.88. The van der Waals surface area contributed by atoms with E-state index in [1.165, 1.54) is 0 Å². The molecule has 1 atom stereocenters. The summed E-state index contributed by atoms with van der Waals surface area (Å²) in [6, 6.07) is 0.403. The first-order valence-electron chi connectivity index (χ1n) is 11.2. The van der Waals surface area contributed by atoms with E-state index in [1.54, 1.807) is 0 Å². The molecule has 0 aromatic carbocycles. The van der Waals surface area contributed by atoms with E-state index in [9.17, 15) is 4.79 Å². The van der Waals surface area contributed by atoms with Gasteiger partial charge in [-0.25, -0.2) is 0 Å². The minimum Gasteiger partial charge on any atom is -0.378 e. The van der Waals surface area contributed by atoms with Gasteiger partial charge < -0.3 is 20.7 Å². The molecule has 0 spiro atoms. The van der Waals surface area contributed by atoms with E-state index in [-0.39, 0.29) is 36.0 Å². The van der Waals surface area contributed by atoms with Crippen molar-refractivity contribution in [2.75, 3.05) is 45.9 Å². The molecule has 0 radical (unpaired) electrons. The van der Waals surface area contributed by atoms with Crippen LogP contribution in [0.4, 0.5) is 0 Å². The lowest BCUT2D eigenvalue weighted by molar-refractivity contribution is -0.122. The van der Waals surface area contributed by atoms with Gasteiger partial charge in [-0.1, -0.05) is 20.8 Å². The first-order valence-corrected chi connectivity index (χ1v) is 11.2. The zero-order chi connectivity index (χ0) is 20.8. The smallest absolute Gasteiger partial charge is 0.234 e. The molecule has 1 aliphatic rings. The monoisotopic (exact) mass is 525 g/mol. The van der Waals surface area contributed by atoms with E-state index in [4.69, 9.17) is 9.73 Å². The Hall–Kier alpha value is -0.610. The highest BCUT2D eigenvalue weighted by Crippen LogP contribution is 2.12. The number of guanidine groups is 1. The van der Waals surface area contributed by atoms with Gasteiger partial charge in [0.2, 0.25) is 5.91 Å². The summed E-state index contributed by atoms with van der Waals surface area (Å²) in [5.74, 6) is 1.53. The summed E-state index contributed by atoms with van der Waals surface area (Å²) in [4.78, 5) is 18.9. The van der Waals surface area contributed by atoms with Crippen molar-refractivity contribution in [3.8, 4) is 0 Å². The molecule has 29 heavy (non-hydrogen) atoms. The highest BCUT2D eigenvalue weighted by molar-refractivity contribution is 14.0. The molecule has 7 nitrogen and oxygen atoms in total. The number of hydrogen-bond donors (Lipinski definition) is 3. The van der Waals surface area contributed by atoms with E-state index < -0.39 is 0 Å². The fourth-order valence-electron chi connectivity index (χ4n) is 3.40. The number of likely N-dealkylation sites (tertiary alicyclic amines) is 1. The van der Waals surface area contributed by atoms with Crippen LogP contribution in [0.5, 0.6) is 0 Å². The molecule has 1 unspecified atom stereocenters. The number of hydrogen-bond acceptors (Lipinski definition) is 4. The van der Waals surface area contributed by atoms with Crippen LogP contribution in [0.2, 0.25) is 0 Å². The molecular formula is C21H44IN5O2. The third-order valence-corrected chi connectivity index (χ3v) is 5.02. The fourth-order valence-corrected chi connectivity index (χ4v) is 3.40. The Labute approximate surface area is 195 Å². The highest BCUT2D eigenvalue weighted by Gasteiger charge is 2.21. The van der Waals surface area contributed by atoms with E-state index >= 15 is 0 Å². The van der Waals surface area contributed by atoms with Crippen molar-refractivity contribution in [3.63, 3.8) is 0 Å². The summed E-state index contributed by atoms with van der Waals surface area (Å²) < 4.78 is 5.81. The average molecular weight is 526 g/mol. The number of ether oxygens (including phenoxy) is 1. The van der Waals surface area contributed by atoms with Crippen LogP contribution in [-0.4, -0.2) is 74.8 Å². The summed E-state index contributed by atoms with van der Waals surface area (Å²) >= 11 is 0. The number of nitrogens with zero attached hydrogens (tertiary/aromatic N) is 2. The van der Waals surface area contributed by atoms with Gasteiger partial charge in [0.05, 0.1) is 12.6 Å². The van der Waals surface area contributed by atoms with Crippen molar-refractivity contribution >= 4 is 35.8 Å². The summed E-state index contributed by atoms with van der Waals surface area (Å²) in [6.45, 7) is 16.1. The molecular weight excluding hydrogens is 481 g/mol. The number of aliphatic imine (C=N–C) groups is 1. The molecule has 1 rings (SSSR count). The van der Waals surface area contributed by atoms with Crippen molar-refractivity contribution in [3.05, 3.63) is 0 Å². The van der Waals surface area contributed by atoms with Crippen molar-refractivity contribution in [2.24, 2.45) is 10.9 Å². The quantitative estimate of drug-likeness (QED) is 0.208. The molecule has 1 aliphatic heterocycles. The lowest BCUT2D eigenvalue weighted by Crippen LogP contribution is -2.50. The molecule has 1 saturated heterocycles. The Morgan fingerprint density at radius 3 is 2.41 bits per heavy atom. The van der Waals surface area contributed by atoms with Crippen LogP contribution in [0.15, 0.2) is 4.99 Å². The van der Waals surface area contributed by atoms with E-state index in [0.29, 0.717) is 18.5 Å². The minimum absolute atomic E-state index is 0. The van der Waals surface area contributed by atoms with E-state index in [0.717, 1.165) is 71.0 Å². The molecule has 0 aromatic heterocycles. The van der Waals surface area contributed by atoms with Gasteiger partial charge in [-0.3, -0.25) is 14.7 Å². The summed E-state index contributed by atoms with van der Waals surface area (Å²) in [5.41, 5.74) is 0. The van der Waals surface area contributed by atoms with Crippen LogP contribution in [0.1, 0.15) is 60.3 Å². The second-order valence-corrected chi connectivity index (χ2v) is 7.83. The Kier molecular flexibility index (Phi) is 16.7. The van der Waals surface area contributed by atoms with Gasteiger partial charge in [-0.2, -0.15) is 0 Å². The zero-order valence-corrected chi connectivity index (χ0v) is 21.5. The molecule has 1 amide bonds. The molecule has 8 heteroatoms. The van der Waals surface area contributed by atoms with E-state index in [1.807, 2.05) is 6.92 Å². The second-order valence-electron chi connectivity index (χ2n) is 7.83. The Morgan fingerprint density at radius 2 is 1.86 bits per heavy atom. The third-order valence-electron chi connectivity index (χ3n) is 5.02. The fraction of sp³-hybridized carbons (Fsp3) is 0.905. The Morgan fingerprint density at radius 1 is 1.17 bits per heavy atom. The summed E-state index contributed by atoms with van der Waals surface area (Å²) in [6.07, 6.45) is 4.23. The molecule has 0 saturated carbocycles. The molecule has 0 bridgehead atoms. The van der Waals surface area contributed by atoms with Crippen LogP contribution in [0, 0.1) is 5.92 Å². The number of amides is 1. The maximum atomic E-state index is 11.9. The largest absolute Gasteiger partial charge is 0.378 e. The van der Waals surface area contributed by atoms with Crippen molar-refractivity contribution < 1.29 is 9.53 Å². The minimum atomic E-state index is 0. The molecule has 1 heterocycles. The van der Waals surface area contributed by atoms with Gasteiger partial charge in [-0.05, 0) is 45.4 Å². The molecule has 3 N–H and O–H groups in total. The third kappa shape index (κ3) is 12.6. The molecule has 0 aliphatic carbocycles. The van der Waals surface area contributed by atoms with Crippen molar-refractivity contribution in [1.82, 2.24) is 20.9 Å². The number of nitrogens with one attached hydrogen (secondary N) is 3. The standard InChI is InChI=1S/C21H43N5O2.HI/c1-6-12-23-20(27)16-26-14-10-18(11-15-26)25-21(22-7-2)24-13-9-19(17(4)5)28-8-3;/h17-19H,6-16H2,1-5H3,(H,23,27)(H2,22,24,25);1H. The van der Waals surface area contributed by atoms with Crippen LogP contribution in [-0.2, 0) is 9.53 Å². The molecule has 1 fully saturated rings. The van der Waals surface area contributed by atoms with Gasteiger partial charge in [0.25, 0.3) is 0 Å². The number of carbonyl (C=O) groups excluding carboxylic acids is 1. The number of halogens is 1. The van der Waals surface area contributed by atoms with Gasteiger partial charge in [0.15, 0.2) is 5.96 Å². The number of rotatable bonds is 12. The first kappa shape index (κ1) is 28.4. The van der Waals surface area contributed by atoms with Gasteiger partial charge in [-0.15, -0.1) is 24.0 Å². The van der Waals surface area contributed by atoms with Gasteiger partial charge in [0, 0.05) is 45.4 Å². The van der Waals surface area contributed by atoms with Crippen LogP contribution < -0.4 is 16.0 Å². The van der Waals surface area contributed by atoms with Crippen LogP contribution >= 0.6 is 24.0 Å². The predicted octanol–water partition coefficient (Wildman–Crippen LogP) is 2.60. The Bertz CT molecular complexity index is 454. The summed E-state index contributed by atoms with van der Waals surface area (Å²) in [7, 11) is 0. The number of carbonyl (C=O) groups is 1. The van der Waals surface area contributed by atoms with Crippen molar-refractivity contribution in [2.45, 2.75) is 72.4 Å². The Balaban J connectivity index is 0.00000784. The van der Waals surface area contributed by atoms with Gasteiger partial charge in [0.1, 0.15) is 0 Å². The van der Waals surface area contributed by atoms with Crippen LogP contribution in [0.25, 0.3) is 0 Å². The molecule has 172 valence electrons. The lowest BCUT2D eigenvalue weighted by Gasteiger charge is -2.32. The van der Waals surface area contributed by atoms with Crippen LogP contribution in [0.3, 0.4) is 0 Å². The highest BCUT2D eigenvalue weighted by atomic mass is 127. The average Bonchev–Trinajstić information content (AvgIpc) is 2.67. The van der Waals surface area contributed by atoms with E-state index in [2.05, 4.69) is 48.5 Å². The maximum absolute atomic E-state index is 11.9. The maximum Gasteiger partial charge on any atom is 0.234 e. The first-order chi connectivity index (χ1) is 13.5. The number of piperidine rings is 1. The normalized spacial score (nSPS) is 17.0. The second kappa shape index (κ2) is 17.1. The zero-order valence-electron chi connectivity index (χ0n) is 19.1. The lowest BCUT2D eigenvalue weighted by atomic mass is 10.0. The topological polar surface area (TPSA) is 78.0 Å². The predicted molar refractivity (Wildman–Crippen MR) is 132 cm³/mol. The van der Waals surface area contributed by atoms with Gasteiger partial charge >= 0.3 is 0 Å². The molecule has 0 aromatic rings.